The molecule has 0 spiro atoms. The second-order valence-electron chi connectivity index (χ2n) is 5.64. The summed E-state index contributed by atoms with van der Waals surface area (Å²) in [6.45, 7) is 0. The summed E-state index contributed by atoms with van der Waals surface area (Å²) in [4.78, 5) is 0. The van der Waals surface area contributed by atoms with Gasteiger partial charge >= 0.3 is 0 Å². The molecular weight excluding hydrogens is 304 g/mol. The van der Waals surface area contributed by atoms with E-state index >= 15 is 0 Å². The molecular formula is C15H15BrN2O. The third kappa shape index (κ3) is 1.94. The Morgan fingerprint density at radius 1 is 1.21 bits per heavy atom. The number of halogens is 1. The molecule has 1 aromatic heterocycles. The lowest BCUT2D eigenvalue weighted by Gasteiger charge is -2.11. The molecule has 0 atom stereocenters. The number of hydrogen-bond acceptors (Lipinski definition) is 2. The molecule has 19 heavy (non-hydrogen) atoms. The van der Waals surface area contributed by atoms with Gasteiger partial charge < -0.3 is 5.11 Å². The van der Waals surface area contributed by atoms with Gasteiger partial charge in [0.2, 0.25) is 0 Å². The SMILES string of the molecule is OC1(c2ccc(-n3ncc(Br)c3C3CC3)cc2)CC1. The Kier molecular flexibility index (Phi) is 2.42. The first-order valence-corrected chi connectivity index (χ1v) is 7.53. The fourth-order valence-corrected chi connectivity index (χ4v) is 3.17. The maximum absolute atomic E-state index is 10.1. The van der Waals surface area contributed by atoms with Crippen molar-refractivity contribution >= 4 is 15.9 Å². The maximum atomic E-state index is 10.1. The van der Waals surface area contributed by atoms with Gasteiger partial charge in [0.25, 0.3) is 0 Å². The summed E-state index contributed by atoms with van der Waals surface area (Å²) in [6.07, 6.45) is 6.14. The second-order valence-corrected chi connectivity index (χ2v) is 6.50. The minimum Gasteiger partial charge on any atom is -0.385 e. The fraction of sp³-hybridized carbons (Fsp3) is 0.400. The molecule has 2 aliphatic carbocycles. The topological polar surface area (TPSA) is 38.0 Å². The molecule has 3 nitrogen and oxygen atoms in total. The smallest absolute Gasteiger partial charge is 0.0899 e. The van der Waals surface area contributed by atoms with E-state index in [0.717, 1.165) is 28.6 Å². The Morgan fingerprint density at radius 2 is 1.89 bits per heavy atom. The van der Waals surface area contributed by atoms with E-state index in [9.17, 15) is 5.11 Å². The lowest BCUT2D eigenvalue weighted by atomic mass is 10.1. The van der Waals surface area contributed by atoms with Gasteiger partial charge in [-0.2, -0.15) is 5.10 Å². The highest BCUT2D eigenvalue weighted by Gasteiger charge is 2.42. The highest BCUT2D eigenvalue weighted by atomic mass is 79.9. The normalized spacial score (nSPS) is 20.5. The Labute approximate surface area is 120 Å². The van der Waals surface area contributed by atoms with Crippen LogP contribution in [0.4, 0.5) is 0 Å². The summed E-state index contributed by atoms with van der Waals surface area (Å²) in [5.74, 6) is 0.643. The Bertz CT molecular complexity index is 624. The molecule has 0 aliphatic heterocycles. The Hall–Kier alpha value is -1.13. The van der Waals surface area contributed by atoms with Crippen molar-refractivity contribution in [2.75, 3.05) is 0 Å². The van der Waals surface area contributed by atoms with Crippen LogP contribution in [0.15, 0.2) is 34.9 Å². The largest absolute Gasteiger partial charge is 0.385 e. The van der Waals surface area contributed by atoms with Crippen LogP contribution < -0.4 is 0 Å². The molecule has 0 amide bonds. The minimum atomic E-state index is -0.553. The van der Waals surface area contributed by atoms with Gasteiger partial charge in [0.15, 0.2) is 0 Å². The van der Waals surface area contributed by atoms with Crippen molar-refractivity contribution < 1.29 is 5.11 Å². The molecule has 2 saturated carbocycles. The van der Waals surface area contributed by atoms with Crippen LogP contribution in [-0.4, -0.2) is 14.9 Å². The lowest BCUT2D eigenvalue weighted by molar-refractivity contribution is 0.151. The van der Waals surface area contributed by atoms with Crippen molar-refractivity contribution in [2.45, 2.75) is 37.2 Å². The van der Waals surface area contributed by atoms with Crippen LogP contribution >= 0.6 is 15.9 Å². The number of hydrogen-bond donors (Lipinski definition) is 1. The maximum Gasteiger partial charge on any atom is 0.0899 e. The molecule has 0 unspecified atom stereocenters. The number of benzene rings is 1. The third-order valence-corrected chi connectivity index (χ3v) is 4.71. The molecule has 0 radical (unpaired) electrons. The van der Waals surface area contributed by atoms with E-state index in [1.165, 1.54) is 18.5 Å². The second kappa shape index (κ2) is 3.93. The van der Waals surface area contributed by atoms with E-state index in [4.69, 9.17) is 0 Å². The van der Waals surface area contributed by atoms with Crippen LogP contribution in [0.1, 0.15) is 42.9 Å². The first kappa shape index (κ1) is 11.7. The molecule has 4 rings (SSSR count). The highest BCUT2D eigenvalue weighted by molar-refractivity contribution is 9.10. The van der Waals surface area contributed by atoms with Crippen LogP contribution in [-0.2, 0) is 5.60 Å². The lowest BCUT2D eigenvalue weighted by Crippen LogP contribution is -2.05. The molecule has 1 N–H and O–H groups in total. The van der Waals surface area contributed by atoms with Gasteiger partial charge in [-0.25, -0.2) is 4.68 Å². The average Bonchev–Trinajstić information content (AvgIpc) is 3.33. The summed E-state index contributed by atoms with van der Waals surface area (Å²) in [5, 5.41) is 14.6. The molecule has 1 heterocycles. The van der Waals surface area contributed by atoms with Gasteiger partial charge in [0.05, 0.1) is 27.7 Å². The molecule has 2 aromatic rings. The molecule has 2 fully saturated rings. The molecule has 1 aromatic carbocycles. The van der Waals surface area contributed by atoms with Gasteiger partial charge in [0, 0.05) is 5.92 Å². The minimum absolute atomic E-state index is 0.553. The van der Waals surface area contributed by atoms with E-state index in [0.29, 0.717) is 5.92 Å². The number of nitrogens with zero attached hydrogens (tertiary/aromatic N) is 2. The van der Waals surface area contributed by atoms with Crippen LogP contribution in [0.2, 0.25) is 0 Å². The summed E-state index contributed by atoms with van der Waals surface area (Å²) >= 11 is 3.59. The number of aromatic nitrogens is 2. The predicted molar refractivity (Wildman–Crippen MR) is 76.4 cm³/mol. The van der Waals surface area contributed by atoms with E-state index < -0.39 is 5.60 Å². The number of rotatable bonds is 3. The summed E-state index contributed by atoms with van der Waals surface area (Å²) in [5.41, 5.74) is 2.82. The Morgan fingerprint density at radius 3 is 2.47 bits per heavy atom. The fourth-order valence-electron chi connectivity index (χ4n) is 2.59. The van der Waals surface area contributed by atoms with Crippen molar-refractivity contribution in [3.63, 3.8) is 0 Å². The van der Waals surface area contributed by atoms with Gasteiger partial charge in [-0.05, 0) is 59.3 Å². The van der Waals surface area contributed by atoms with Crippen LogP contribution in [0, 0.1) is 0 Å². The highest BCUT2D eigenvalue weighted by Crippen LogP contribution is 2.46. The van der Waals surface area contributed by atoms with Gasteiger partial charge in [-0.3, -0.25) is 0 Å². The van der Waals surface area contributed by atoms with Crippen LogP contribution in [0.3, 0.4) is 0 Å². The summed E-state index contributed by atoms with van der Waals surface area (Å²) < 4.78 is 3.11. The average molecular weight is 319 g/mol. The van der Waals surface area contributed by atoms with Crippen molar-refractivity contribution in [1.29, 1.82) is 0 Å². The van der Waals surface area contributed by atoms with E-state index in [-0.39, 0.29) is 0 Å². The van der Waals surface area contributed by atoms with Gasteiger partial charge in [-0.15, -0.1) is 0 Å². The predicted octanol–water partition coefficient (Wildman–Crippen LogP) is 3.49. The van der Waals surface area contributed by atoms with Crippen LogP contribution in [0.25, 0.3) is 5.69 Å². The van der Waals surface area contributed by atoms with Crippen molar-refractivity contribution in [2.24, 2.45) is 0 Å². The van der Waals surface area contributed by atoms with E-state index in [1.54, 1.807) is 0 Å². The van der Waals surface area contributed by atoms with E-state index in [2.05, 4.69) is 33.2 Å². The molecule has 4 heteroatoms. The third-order valence-electron chi connectivity index (χ3n) is 4.10. The van der Waals surface area contributed by atoms with Crippen molar-refractivity contribution in [3.05, 3.63) is 46.2 Å². The van der Waals surface area contributed by atoms with Crippen molar-refractivity contribution in [1.82, 2.24) is 9.78 Å². The van der Waals surface area contributed by atoms with Crippen LogP contribution in [0.5, 0.6) is 0 Å². The molecule has 2 aliphatic rings. The van der Waals surface area contributed by atoms with Gasteiger partial charge in [0.1, 0.15) is 0 Å². The molecule has 98 valence electrons. The molecule has 0 saturated heterocycles. The quantitative estimate of drug-likeness (QED) is 0.940. The Balaban J connectivity index is 1.72. The zero-order valence-corrected chi connectivity index (χ0v) is 12.1. The first-order chi connectivity index (χ1) is 9.17. The zero-order valence-electron chi connectivity index (χ0n) is 10.5. The molecule has 0 bridgehead atoms. The van der Waals surface area contributed by atoms with E-state index in [1.807, 2.05) is 23.0 Å². The first-order valence-electron chi connectivity index (χ1n) is 6.74. The monoisotopic (exact) mass is 318 g/mol. The summed E-state index contributed by atoms with van der Waals surface area (Å²) in [6, 6.07) is 8.15. The van der Waals surface area contributed by atoms with Crippen molar-refractivity contribution in [3.8, 4) is 5.69 Å². The summed E-state index contributed by atoms with van der Waals surface area (Å²) in [7, 11) is 0. The van der Waals surface area contributed by atoms with Gasteiger partial charge in [-0.1, -0.05) is 12.1 Å². The zero-order chi connectivity index (χ0) is 13.0. The number of aliphatic hydroxyl groups is 1. The standard InChI is InChI=1S/C15H15BrN2O/c16-13-9-17-18(14(13)10-1-2-10)12-5-3-11(4-6-12)15(19)7-8-15/h3-6,9-10,19H,1-2,7-8H2.